The zero-order valence-electron chi connectivity index (χ0n) is 12.8. The molecule has 0 bridgehead atoms. The Bertz CT molecular complexity index is 396. The van der Waals surface area contributed by atoms with Gasteiger partial charge < -0.3 is 25.0 Å². The molecule has 2 aliphatic heterocycles. The quantitative estimate of drug-likeness (QED) is 0.783. The lowest BCUT2D eigenvalue weighted by Crippen LogP contribution is -2.60. The highest BCUT2D eigenvalue weighted by Crippen LogP contribution is 2.22. The second kappa shape index (κ2) is 6.62. The normalized spacial score (nSPS) is 25.5. The van der Waals surface area contributed by atoms with Gasteiger partial charge in [0.15, 0.2) is 0 Å². The summed E-state index contributed by atoms with van der Waals surface area (Å²) in [5.41, 5.74) is -1.19. The van der Waals surface area contributed by atoms with Gasteiger partial charge in [-0.05, 0) is 26.4 Å². The number of hydrogen-bond donors (Lipinski definition) is 2. The van der Waals surface area contributed by atoms with E-state index in [4.69, 9.17) is 4.74 Å². The van der Waals surface area contributed by atoms with E-state index in [2.05, 4.69) is 17.3 Å². The van der Waals surface area contributed by atoms with Gasteiger partial charge in [0.2, 0.25) is 0 Å². The first kappa shape index (κ1) is 16.0. The fourth-order valence-electron chi connectivity index (χ4n) is 3.02. The summed E-state index contributed by atoms with van der Waals surface area (Å²) in [6.45, 7) is 2.40. The third-order valence-electron chi connectivity index (χ3n) is 4.60. The minimum absolute atomic E-state index is 0.311. The highest BCUT2D eigenvalue weighted by molar-refractivity contribution is 5.86. The van der Waals surface area contributed by atoms with Crippen LogP contribution in [0.4, 0.5) is 4.79 Å². The maximum Gasteiger partial charge on any atom is 0.329 e. The van der Waals surface area contributed by atoms with Crippen LogP contribution in [0.1, 0.15) is 25.7 Å². The van der Waals surface area contributed by atoms with Gasteiger partial charge in [0.05, 0.1) is 0 Å². The highest BCUT2D eigenvalue weighted by atomic mass is 16.5. The lowest BCUT2D eigenvalue weighted by molar-refractivity contribution is -0.148. The van der Waals surface area contributed by atoms with Crippen LogP contribution < -0.4 is 5.32 Å². The molecule has 2 fully saturated rings. The van der Waals surface area contributed by atoms with Crippen molar-refractivity contribution < 1.29 is 19.4 Å². The van der Waals surface area contributed by atoms with Crippen LogP contribution in [0, 0.1) is 0 Å². The molecule has 0 spiro atoms. The number of carbonyl (C=O) groups excluding carboxylic acids is 1. The van der Waals surface area contributed by atoms with Crippen LogP contribution in [0.5, 0.6) is 0 Å². The number of urea groups is 1. The molecule has 0 radical (unpaired) electrons. The Hall–Kier alpha value is -1.34. The molecule has 7 heteroatoms. The molecular weight excluding hydrogens is 274 g/mol. The molecule has 0 aromatic carbocycles. The Labute approximate surface area is 125 Å². The van der Waals surface area contributed by atoms with E-state index in [1.165, 1.54) is 0 Å². The molecular formula is C14H25N3O4. The molecule has 0 saturated carbocycles. The van der Waals surface area contributed by atoms with Crippen LogP contribution in [0.15, 0.2) is 0 Å². The van der Waals surface area contributed by atoms with Crippen molar-refractivity contribution in [1.29, 1.82) is 0 Å². The predicted molar refractivity (Wildman–Crippen MR) is 77.2 cm³/mol. The van der Waals surface area contributed by atoms with Crippen molar-refractivity contribution in [2.45, 2.75) is 37.3 Å². The summed E-state index contributed by atoms with van der Waals surface area (Å²) in [6.07, 6.45) is 2.84. The molecule has 2 rings (SSSR count). The molecule has 0 aromatic heterocycles. The van der Waals surface area contributed by atoms with Crippen LogP contribution in [0.2, 0.25) is 0 Å². The monoisotopic (exact) mass is 299 g/mol. The molecule has 1 atom stereocenters. The number of nitrogens with one attached hydrogen (secondary N) is 1. The van der Waals surface area contributed by atoms with E-state index >= 15 is 0 Å². The summed E-state index contributed by atoms with van der Waals surface area (Å²) in [5.74, 6) is -0.981. The average molecular weight is 299 g/mol. The van der Waals surface area contributed by atoms with Gasteiger partial charge in [-0.15, -0.1) is 0 Å². The molecule has 2 aliphatic rings. The van der Waals surface area contributed by atoms with Crippen molar-refractivity contribution in [2.75, 3.05) is 40.4 Å². The number of carboxylic acids is 1. The van der Waals surface area contributed by atoms with Crippen LogP contribution in [0.25, 0.3) is 0 Å². The van der Waals surface area contributed by atoms with Crippen LogP contribution >= 0.6 is 0 Å². The van der Waals surface area contributed by atoms with E-state index in [1.807, 2.05) is 0 Å². The standard InChI is InChI=1S/C14H25N3O4/c1-16-7-3-4-11(16)10-17(2)13(20)15-14(12(18)19)5-8-21-9-6-14/h11H,3-10H2,1-2H3,(H,15,20)(H,18,19). The molecule has 7 nitrogen and oxygen atoms in total. The number of carbonyl (C=O) groups is 2. The second-order valence-corrected chi connectivity index (χ2v) is 6.09. The summed E-state index contributed by atoms with van der Waals surface area (Å²) >= 11 is 0. The number of rotatable bonds is 4. The smallest absolute Gasteiger partial charge is 0.329 e. The first-order chi connectivity index (χ1) is 9.94. The molecule has 2 N–H and O–H groups in total. The summed E-state index contributed by atoms with van der Waals surface area (Å²) in [6, 6.07) is 0.0378. The van der Waals surface area contributed by atoms with Crippen molar-refractivity contribution in [3.8, 4) is 0 Å². The van der Waals surface area contributed by atoms with Crippen molar-refractivity contribution in [3.63, 3.8) is 0 Å². The van der Waals surface area contributed by atoms with E-state index in [9.17, 15) is 14.7 Å². The molecule has 120 valence electrons. The Morgan fingerprint density at radius 2 is 2.10 bits per heavy atom. The number of ether oxygens (including phenoxy) is 1. The zero-order valence-corrected chi connectivity index (χ0v) is 12.8. The number of amides is 2. The van der Waals surface area contributed by atoms with E-state index in [1.54, 1.807) is 11.9 Å². The van der Waals surface area contributed by atoms with Crippen LogP contribution in [-0.2, 0) is 9.53 Å². The van der Waals surface area contributed by atoms with Crippen LogP contribution in [0.3, 0.4) is 0 Å². The van der Waals surface area contributed by atoms with Gasteiger partial charge in [-0.3, -0.25) is 0 Å². The number of aliphatic carboxylic acids is 1. The van der Waals surface area contributed by atoms with Gasteiger partial charge in [-0.2, -0.15) is 0 Å². The molecule has 2 saturated heterocycles. The Kier molecular flexibility index (Phi) is 5.05. The molecule has 2 amide bonds. The number of nitrogens with zero attached hydrogens (tertiary/aromatic N) is 2. The maximum atomic E-state index is 12.3. The Balaban J connectivity index is 1.93. The van der Waals surface area contributed by atoms with Gasteiger partial charge in [0.25, 0.3) is 0 Å². The Morgan fingerprint density at radius 3 is 2.62 bits per heavy atom. The number of hydrogen-bond acceptors (Lipinski definition) is 4. The average Bonchev–Trinajstić information content (AvgIpc) is 2.85. The lowest BCUT2D eigenvalue weighted by Gasteiger charge is -2.36. The topological polar surface area (TPSA) is 82.1 Å². The first-order valence-corrected chi connectivity index (χ1v) is 7.49. The van der Waals surface area contributed by atoms with E-state index < -0.39 is 11.5 Å². The van der Waals surface area contributed by atoms with Crippen molar-refractivity contribution >= 4 is 12.0 Å². The summed E-state index contributed by atoms with van der Waals surface area (Å²) in [4.78, 5) is 27.7. The third-order valence-corrected chi connectivity index (χ3v) is 4.60. The lowest BCUT2D eigenvalue weighted by atomic mass is 9.90. The van der Waals surface area contributed by atoms with Gasteiger partial charge in [0.1, 0.15) is 5.54 Å². The minimum atomic E-state index is -1.19. The van der Waals surface area contributed by atoms with E-state index in [0.717, 1.165) is 19.4 Å². The van der Waals surface area contributed by atoms with Gasteiger partial charge in [-0.1, -0.05) is 0 Å². The van der Waals surface area contributed by atoms with Crippen LogP contribution in [-0.4, -0.2) is 78.9 Å². The predicted octanol–water partition coefficient (Wildman–Crippen LogP) is 0.356. The third kappa shape index (κ3) is 3.65. The first-order valence-electron chi connectivity index (χ1n) is 7.49. The number of carboxylic acid groups (broad SMARTS) is 1. The fourth-order valence-corrected chi connectivity index (χ4v) is 3.02. The Morgan fingerprint density at radius 1 is 1.43 bits per heavy atom. The van der Waals surface area contributed by atoms with E-state index in [0.29, 0.717) is 38.6 Å². The second-order valence-electron chi connectivity index (χ2n) is 6.09. The summed E-state index contributed by atoms with van der Waals surface area (Å²) in [7, 11) is 3.77. The van der Waals surface area contributed by atoms with Crippen molar-refractivity contribution in [1.82, 2.24) is 15.1 Å². The summed E-state index contributed by atoms with van der Waals surface area (Å²) in [5, 5.41) is 12.2. The van der Waals surface area contributed by atoms with Gasteiger partial charge in [-0.25, -0.2) is 9.59 Å². The maximum absolute atomic E-state index is 12.3. The highest BCUT2D eigenvalue weighted by Gasteiger charge is 2.42. The number of likely N-dealkylation sites (N-methyl/N-ethyl adjacent to an activating group) is 2. The molecule has 21 heavy (non-hydrogen) atoms. The molecule has 2 heterocycles. The van der Waals surface area contributed by atoms with Crippen molar-refractivity contribution in [3.05, 3.63) is 0 Å². The minimum Gasteiger partial charge on any atom is -0.480 e. The van der Waals surface area contributed by atoms with Gasteiger partial charge in [0, 0.05) is 45.7 Å². The molecule has 1 unspecified atom stereocenters. The summed E-state index contributed by atoms with van der Waals surface area (Å²) < 4.78 is 5.20. The largest absolute Gasteiger partial charge is 0.480 e. The number of likely N-dealkylation sites (tertiary alicyclic amines) is 1. The molecule has 0 aromatic rings. The zero-order chi connectivity index (χ0) is 15.5. The van der Waals surface area contributed by atoms with E-state index in [-0.39, 0.29) is 6.03 Å². The SMILES string of the molecule is CN(CC1CCCN1C)C(=O)NC1(C(=O)O)CCOCC1. The van der Waals surface area contributed by atoms with Gasteiger partial charge >= 0.3 is 12.0 Å². The van der Waals surface area contributed by atoms with Crippen molar-refractivity contribution in [2.24, 2.45) is 0 Å². The fraction of sp³-hybridized carbons (Fsp3) is 0.857. The molecule has 0 aliphatic carbocycles.